The number of benzene rings is 2. The molecule has 0 fully saturated rings. The third kappa shape index (κ3) is 5.79. The summed E-state index contributed by atoms with van der Waals surface area (Å²) in [7, 11) is 1.64. The van der Waals surface area contributed by atoms with Gasteiger partial charge in [-0.2, -0.15) is 0 Å². The molecule has 0 aliphatic rings. The second kappa shape index (κ2) is 10.8. The fourth-order valence-electron chi connectivity index (χ4n) is 3.13. The van der Waals surface area contributed by atoms with Gasteiger partial charge in [0.2, 0.25) is 5.91 Å². The highest BCUT2D eigenvalue weighted by Gasteiger charge is 2.20. The summed E-state index contributed by atoms with van der Waals surface area (Å²) in [4.78, 5) is 25.2. The quantitative estimate of drug-likeness (QED) is 0.202. The number of ether oxygens (including phenoxy) is 1. The Morgan fingerprint density at radius 2 is 2.00 bits per heavy atom. The van der Waals surface area contributed by atoms with Crippen LogP contribution in [-0.4, -0.2) is 28.7 Å². The van der Waals surface area contributed by atoms with E-state index in [4.69, 9.17) is 21.3 Å². The number of thiazole rings is 1. The molecule has 1 amide bonds. The molecule has 4 aromatic rings. The standard InChI is InChI=1S/C24H22ClN3O2S2/c1-30-19-9-12-21-22(15-19)32-24(27-21)28(16-18-5-2-3-13-26-18)23(29)6-4-14-31-20-10-7-17(25)8-11-20/h2-3,5,7-13,15H,4,6,14,16H2,1H3. The van der Waals surface area contributed by atoms with E-state index in [0.29, 0.717) is 18.1 Å². The first kappa shape index (κ1) is 22.6. The van der Waals surface area contributed by atoms with Crippen LogP contribution in [0, 0.1) is 0 Å². The lowest BCUT2D eigenvalue weighted by molar-refractivity contribution is -0.118. The van der Waals surface area contributed by atoms with E-state index in [2.05, 4.69) is 4.98 Å². The van der Waals surface area contributed by atoms with Gasteiger partial charge in [-0.05, 0) is 66.8 Å². The number of aromatic nitrogens is 2. The molecule has 2 heterocycles. The van der Waals surface area contributed by atoms with Crippen molar-refractivity contribution in [3.63, 3.8) is 0 Å². The summed E-state index contributed by atoms with van der Waals surface area (Å²) in [5.41, 5.74) is 1.68. The van der Waals surface area contributed by atoms with Crippen molar-refractivity contribution >= 4 is 56.0 Å². The SMILES string of the molecule is COc1ccc2nc(N(Cc3ccccn3)C(=O)CCCSc3ccc(Cl)cc3)sc2c1. The van der Waals surface area contributed by atoms with Crippen LogP contribution in [0.4, 0.5) is 5.13 Å². The molecule has 2 aromatic heterocycles. The molecule has 2 aromatic carbocycles. The van der Waals surface area contributed by atoms with E-state index in [1.807, 2.05) is 60.7 Å². The summed E-state index contributed by atoms with van der Waals surface area (Å²) in [6, 6.07) is 19.2. The molecule has 0 spiro atoms. The number of halogens is 1. The van der Waals surface area contributed by atoms with Crippen molar-refractivity contribution in [3.05, 3.63) is 77.6 Å². The molecule has 0 aliphatic heterocycles. The first-order valence-corrected chi connectivity index (χ1v) is 12.3. The molecule has 0 bridgehead atoms. The normalized spacial score (nSPS) is 10.9. The number of thioether (sulfide) groups is 1. The van der Waals surface area contributed by atoms with E-state index in [9.17, 15) is 4.79 Å². The number of pyridine rings is 1. The van der Waals surface area contributed by atoms with Gasteiger partial charge < -0.3 is 4.74 Å². The molecular formula is C24H22ClN3O2S2. The Kier molecular flexibility index (Phi) is 7.63. The fraction of sp³-hybridized carbons (Fsp3) is 0.208. The number of nitrogens with zero attached hydrogens (tertiary/aromatic N) is 3. The van der Waals surface area contributed by atoms with Crippen molar-refractivity contribution in [2.45, 2.75) is 24.3 Å². The second-order valence-corrected chi connectivity index (χ2v) is 9.65. The van der Waals surface area contributed by atoms with Crippen molar-refractivity contribution in [1.82, 2.24) is 9.97 Å². The largest absolute Gasteiger partial charge is 0.497 e. The number of carbonyl (C=O) groups excluding carboxylic acids is 1. The van der Waals surface area contributed by atoms with Crippen LogP contribution in [0.1, 0.15) is 18.5 Å². The van der Waals surface area contributed by atoms with Crippen LogP contribution in [0.25, 0.3) is 10.2 Å². The van der Waals surface area contributed by atoms with Gasteiger partial charge in [0, 0.05) is 22.5 Å². The van der Waals surface area contributed by atoms with Crippen LogP contribution < -0.4 is 9.64 Å². The Morgan fingerprint density at radius 1 is 1.16 bits per heavy atom. The number of anilines is 1. The van der Waals surface area contributed by atoms with Crippen molar-refractivity contribution < 1.29 is 9.53 Å². The molecule has 0 atom stereocenters. The van der Waals surface area contributed by atoms with E-state index in [0.717, 1.165) is 43.8 Å². The zero-order valence-corrected chi connectivity index (χ0v) is 19.9. The zero-order valence-electron chi connectivity index (χ0n) is 17.5. The number of fused-ring (bicyclic) bond motifs is 1. The van der Waals surface area contributed by atoms with Crippen molar-refractivity contribution in [1.29, 1.82) is 0 Å². The summed E-state index contributed by atoms with van der Waals surface area (Å²) in [5, 5.41) is 1.40. The molecule has 4 rings (SSSR count). The van der Waals surface area contributed by atoms with Crippen LogP contribution in [-0.2, 0) is 11.3 Å². The topological polar surface area (TPSA) is 55.3 Å². The molecule has 5 nitrogen and oxygen atoms in total. The Bertz CT molecular complexity index is 1180. The lowest BCUT2D eigenvalue weighted by atomic mass is 10.2. The highest BCUT2D eigenvalue weighted by atomic mass is 35.5. The van der Waals surface area contributed by atoms with E-state index >= 15 is 0 Å². The average molecular weight is 484 g/mol. The zero-order chi connectivity index (χ0) is 22.3. The maximum atomic E-state index is 13.2. The first-order valence-electron chi connectivity index (χ1n) is 10.2. The number of carbonyl (C=O) groups is 1. The molecule has 0 N–H and O–H groups in total. The Labute approximate surface area is 200 Å². The van der Waals surface area contributed by atoms with Crippen molar-refractivity contribution in [3.8, 4) is 5.75 Å². The van der Waals surface area contributed by atoms with Gasteiger partial charge in [0.05, 0.1) is 29.6 Å². The molecule has 0 radical (unpaired) electrons. The number of rotatable bonds is 9. The van der Waals surface area contributed by atoms with Gasteiger partial charge in [-0.1, -0.05) is 29.0 Å². The van der Waals surface area contributed by atoms with Crippen LogP contribution in [0.5, 0.6) is 5.75 Å². The monoisotopic (exact) mass is 483 g/mol. The van der Waals surface area contributed by atoms with Crippen molar-refractivity contribution in [2.24, 2.45) is 0 Å². The third-order valence-electron chi connectivity index (χ3n) is 4.78. The third-order valence-corrected chi connectivity index (χ3v) is 7.17. The second-order valence-electron chi connectivity index (χ2n) is 7.04. The summed E-state index contributed by atoms with van der Waals surface area (Å²) < 4.78 is 6.31. The minimum atomic E-state index is 0.0402. The van der Waals surface area contributed by atoms with Crippen LogP contribution in [0.2, 0.25) is 5.02 Å². The maximum Gasteiger partial charge on any atom is 0.229 e. The molecule has 0 saturated carbocycles. The molecule has 32 heavy (non-hydrogen) atoms. The summed E-state index contributed by atoms with van der Waals surface area (Å²) in [6.07, 6.45) is 2.94. The van der Waals surface area contributed by atoms with Gasteiger partial charge in [-0.3, -0.25) is 14.7 Å². The van der Waals surface area contributed by atoms with Gasteiger partial charge in [-0.25, -0.2) is 4.98 Å². The highest BCUT2D eigenvalue weighted by molar-refractivity contribution is 7.99. The maximum absolute atomic E-state index is 13.2. The van der Waals surface area contributed by atoms with E-state index in [1.165, 1.54) is 11.3 Å². The fourth-order valence-corrected chi connectivity index (χ4v) is 5.12. The van der Waals surface area contributed by atoms with Crippen molar-refractivity contribution in [2.75, 3.05) is 17.8 Å². The molecule has 0 unspecified atom stereocenters. The number of amides is 1. The first-order chi connectivity index (χ1) is 15.6. The Hall–Kier alpha value is -2.61. The number of methoxy groups -OCH3 is 1. The highest BCUT2D eigenvalue weighted by Crippen LogP contribution is 2.32. The van der Waals surface area contributed by atoms with Crippen LogP contribution >= 0.6 is 34.7 Å². The lowest BCUT2D eigenvalue weighted by Gasteiger charge is -2.19. The van der Waals surface area contributed by atoms with E-state index in [-0.39, 0.29) is 5.91 Å². The predicted molar refractivity (Wildman–Crippen MR) is 133 cm³/mol. The minimum absolute atomic E-state index is 0.0402. The minimum Gasteiger partial charge on any atom is -0.497 e. The summed E-state index contributed by atoms with van der Waals surface area (Å²) in [6.45, 7) is 0.390. The summed E-state index contributed by atoms with van der Waals surface area (Å²) >= 11 is 9.15. The van der Waals surface area contributed by atoms with Gasteiger partial charge in [0.15, 0.2) is 5.13 Å². The van der Waals surface area contributed by atoms with Gasteiger partial charge in [-0.15, -0.1) is 11.8 Å². The Morgan fingerprint density at radius 3 is 2.75 bits per heavy atom. The van der Waals surface area contributed by atoms with E-state index < -0.39 is 0 Å². The van der Waals surface area contributed by atoms with Gasteiger partial charge in [0.1, 0.15) is 5.75 Å². The number of hydrogen-bond donors (Lipinski definition) is 0. The predicted octanol–water partition coefficient (Wildman–Crippen LogP) is 6.46. The molecule has 0 aliphatic carbocycles. The van der Waals surface area contributed by atoms with Crippen LogP contribution in [0.15, 0.2) is 71.8 Å². The molecule has 164 valence electrons. The number of hydrogen-bond acceptors (Lipinski definition) is 6. The lowest BCUT2D eigenvalue weighted by Crippen LogP contribution is -2.30. The van der Waals surface area contributed by atoms with Crippen LogP contribution in [0.3, 0.4) is 0 Å². The van der Waals surface area contributed by atoms with E-state index in [1.54, 1.807) is 30.0 Å². The molecular weight excluding hydrogens is 462 g/mol. The molecule has 0 saturated heterocycles. The molecule has 8 heteroatoms. The Balaban J connectivity index is 1.47. The summed E-state index contributed by atoms with van der Waals surface area (Å²) in [5.74, 6) is 1.66. The smallest absolute Gasteiger partial charge is 0.229 e. The van der Waals surface area contributed by atoms with Gasteiger partial charge >= 0.3 is 0 Å². The average Bonchev–Trinajstić information content (AvgIpc) is 3.25. The van der Waals surface area contributed by atoms with Gasteiger partial charge in [0.25, 0.3) is 0 Å².